The normalized spacial score (nSPS) is 9.00. The smallest absolute Gasteiger partial charge is 0.230 e. The summed E-state index contributed by atoms with van der Waals surface area (Å²) in [5, 5.41) is 8.28. The highest BCUT2D eigenvalue weighted by molar-refractivity contribution is 5.93. The SMILES string of the molecule is CC(=O)Nc1ccc(NC(=O)CN=[N+]=[N-])cc1. The third-order valence-electron chi connectivity index (χ3n) is 1.77. The van der Waals surface area contributed by atoms with Crippen molar-refractivity contribution in [3.8, 4) is 0 Å². The Morgan fingerprint density at radius 3 is 2.24 bits per heavy atom. The van der Waals surface area contributed by atoms with Gasteiger partial charge in [0.1, 0.15) is 6.54 Å². The number of hydrogen-bond acceptors (Lipinski definition) is 3. The molecule has 88 valence electrons. The molecule has 0 atom stereocenters. The Morgan fingerprint density at radius 2 is 1.76 bits per heavy atom. The van der Waals surface area contributed by atoms with Gasteiger partial charge in [0, 0.05) is 23.2 Å². The van der Waals surface area contributed by atoms with Gasteiger partial charge in [-0.2, -0.15) is 0 Å². The molecule has 0 aromatic heterocycles. The first-order valence-corrected chi connectivity index (χ1v) is 4.80. The first-order valence-electron chi connectivity index (χ1n) is 4.80. The van der Waals surface area contributed by atoms with Gasteiger partial charge in [0.05, 0.1) is 0 Å². The highest BCUT2D eigenvalue weighted by Gasteiger charge is 2.00. The molecule has 17 heavy (non-hydrogen) atoms. The number of carbonyl (C=O) groups is 2. The Balaban J connectivity index is 2.58. The fraction of sp³-hybridized carbons (Fsp3) is 0.200. The number of rotatable bonds is 4. The van der Waals surface area contributed by atoms with E-state index in [1.165, 1.54) is 6.92 Å². The molecule has 0 spiro atoms. The summed E-state index contributed by atoms with van der Waals surface area (Å²) in [6, 6.07) is 6.59. The van der Waals surface area contributed by atoms with Gasteiger partial charge in [-0.25, -0.2) is 0 Å². The van der Waals surface area contributed by atoms with Crippen LogP contribution in [0.3, 0.4) is 0 Å². The maximum absolute atomic E-state index is 11.2. The van der Waals surface area contributed by atoms with Gasteiger partial charge in [0.15, 0.2) is 0 Å². The molecule has 0 aliphatic carbocycles. The van der Waals surface area contributed by atoms with Crippen LogP contribution in [0.4, 0.5) is 11.4 Å². The van der Waals surface area contributed by atoms with E-state index in [2.05, 4.69) is 20.7 Å². The lowest BCUT2D eigenvalue weighted by Gasteiger charge is -2.05. The molecule has 0 saturated heterocycles. The number of hydrogen-bond donors (Lipinski definition) is 2. The molecule has 7 heteroatoms. The Morgan fingerprint density at radius 1 is 1.24 bits per heavy atom. The van der Waals surface area contributed by atoms with E-state index in [0.717, 1.165) is 0 Å². The Labute approximate surface area is 97.4 Å². The van der Waals surface area contributed by atoms with E-state index in [9.17, 15) is 9.59 Å². The van der Waals surface area contributed by atoms with Crippen LogP contribution in [-0.4, -0.2) is 18.4 Å². The number of benzene rings is 1. The Kier molecular flexibility index (Phi) is 4.53. The van der Waals surface area contributed by atoms with Crippen molar-refractivity contribution in [2.24, 2.45) is 5.11 Å². The van der Waals surface area contributed by atoms with Gasteiger partial charge < -0.3 is 10.6 Å². The highest BCUT2D eigenvalue weighted by atomic mass is 16.2. The molecule has 0 bridgehead atoms. The van der Waals surface area contributed by atoms with Crippen LogP contribution in [0.5, 0.6) is 0 Å². The van der Waals surface area contributed by atoms with E-state index in [4.69, 9.17) is 5.53 Å². The predicted octanol–water partition coefficient (Wildman–Crippen LogP) is 1.89. The summed E-state index contributed by atoms with van der Waals surface area (Å²) < 4.78 is 0. The number of amides is 2. The summed E-state index contributed by atoms with van der Waals surface area (Å²) in [4.78, 5) is 24.4. The number of nitrogens with zero attached hydrogens (tertiary/aromatic N) is 3. The van der Waals surface area contributed by atoms with Gasteiger partial charge in [-0.05, 0) is 29.8 Å². The largest absolute Gasteiger partial charge is 0.326 e. The number of carbonyl (C=O) groups excluding carboxylic acids is 2. The summed E-state index contributed by atoms with van der Waals surface area (Å²) in [6.07, 6.45) is 0. The quantitative estimate of drug-likeness (QED) is 0.470. The minimum atomic E-state index is -0.393. The van der Waals surface area contributed by atoms with E-state index in [0.29, 0.717) is 11.4 Å². The number of azide groups is 1. The standard InChI is InChI=1S/C10H11N5O2/c1-7(16)13-8-2-4-9(5-3-8)14-10(17)6-12-15-11/h2-5H,6H2,1H3,(H,13,16)(H,14,17). The highest BCUT2D eigenvalue weighted by Crippen LogP contribution is 2.13. The second kappa shape index (κ2) is 6.14. The van der Waals surface area contributed by atoms with E-state index in [-0.39, 0.29) is 12.5 Å². The van der Waals surface area contributed by atoms with Crippen LogP contribution in [0.2, 0.25) is 0 Å². The molecule has 1 aromatic carbocycles. The van der Waals surface area contributed by atoms with Gasteiger partial charge in [-0.1, -0.05) is 5.11 Å². The minimum absolute atomic E-state index is 0.162. The molecule has 1 rings (SSSR count). The van der Waals surface area contributed by atoms with Crippen molar-refractivity contribution in [2.45, 2.75) is 6.92 Å². The molecule has 7 nitrogen and oxygen atoms in total. The average molecular weight is 233 g/mol. The molecule has 0 fully saturated rings. The molecule has 0 aliphatic heterocycles. The Bertz CT molecular complexity index is 462. The van der Waals surface area contributed by atoms with Gasteiger partial charge >= 0.3 is 0 Å². The monoisotopic (exact) mass is 233 g/mol. The molecule has 0 aliphatic rings. The van der Waals surface area contributed by atoms with Crippen molar-refractivity contribution in [3.05, 3.63) is 34.7 Å². The number of nitrogens with one attached hydrogen (secondary N) is 2. The zero-order valence-electron chi connectivity index (χ0n) is 9.17. The van der Waals surface area contributed by atoms with Gasteiger partial charge in [-0.15, -0.1) is 0 Å². The zero-order valence-corrected chi connectivity index (χ0v) is 9.17. The molecule has 0 heterocycles. The topological polar surface area (TPSA) is 107 Å². The van der Waals surface area contributed by atoms with Crippen LogP contribution in [0.25, 0.3) is 10.4 Å². The van der Waals surface area contributed by atoms with Gasteiger partial charge in [0.25, 0.3) is 0 Å². The van der Waals surface area contributed by atoms with Gasteiger partial charge in [0.2, 0.25) is 11.8 Å². The third kappa shape index (κ3) is 4.67. The molecular weight excluding hydrogens is 222 g/mol. The van der Waals surface area contributed by atoms with Crippen LogP contribution in [0, 0.1) is 0 Å². The molecule has 2 amide bonds. The lowest BCUT2D eigenvalue weighted by atomic mass is 10.2. The fourth-order valence-corrected chi connectivity index (χ4v) is 1.14. The van der Waals surface area contributed by atoms with Crippen LogP contribution in [0.1, 0.15) is 6.92 Å². The molecule has 0 radical (unpaired) electrons. The molecule has 2 N–H and O–H groups in total. The van der Waals surface area contributed by atoms with E-state index < -0.39 is 5.91 Å². The summed E-state index contributed by atoms with van der Waals surface area (Å²) >= 11 is 0. The van der Waals surface area contributed by atoms with Crippen molar-refractivity contribution in [1.82, 2.24) is 0 Å². The van der Waals surface area contributed by atoms with Crippen molar-refractivity contribution in [2.75, 3.05) is 17.2 Å². The zero-order chi connectivity index (χ0) is 12.7. The summed E-state index contributed by atoms with van der Waals surface area (Å²) in [6.45, 7) is 1.17. The van der Waals surface area contributed by atoms with Crippen LogP contribution in [0.15, 0.2) is 29.4 Å². The minimum Gasteiger partial charge on any atom is -0.326 e. The average Bonchev–Trinajstić information content (AvgIpc) is 2.28. The maximum atomic E-state index is 11.2. The van der Waals surface area contributed by atoms with Crippen LogP contribution in [-0.2, 0) is 9.59 Å². The summed E-state index contributed by atoms with van der Waals surface area (Å²) in [7, 11) is 0. The third-order valence-corrected chi connectivity index (χ3v) is 1.77. The second-order valence-corrected chi connectivity index (χ2v) is 3.20. The molecule has 0 unspecified atom stereocenters. The Hall–Kier alpha value is -2.53. The first-order chi connectivity index (χ1) is 8.11. The van der Waals surface area contributed by atoms with Crippen molar-refractivity contribution < 1.29 is 9.59 Å². The van der Waals surface area contributed by atoms with Crippen LogP contribution >= 0.6 is 0 Å². The molecule has 1 aromatic rings. The molecule has 0 saturated carbocycles. The lowest BCUT2D eigenvalue weighted by Crippen LogP contribution is -2.14. The lowest BCUT2D eigenvalue weighted by molar-refractivity contribution is -0.115. The summed E-state index contributed by atoms with van der Waals surface area (Å²) in [5.41, 5.74) is 9.25. The van der Waals surface area contributed by atoms with Crippen molar-refractivity contribution >= 4 is 23.2 Å². The number of anilines is 2. The van der Waals surface area contributed by atoms with E-state index in [1.807, 2.05) is 0 Å². The van der Waals surface area contributed by atoms with Crippen molar-refractivity contribution in [3.63, 3.8) is 0 Å². The summed E-state index contributed by atoms with van der Waals surface area (Å²) in [5.74, 6) is -0.555. The fourth-order valence-electron chi connectivity index (χ4n) is 1.14. The van der Waals surface area contributed by atoms with E-state index in [1.54, 1.807) is 24.3 Å². The maximum Gasteiger partial charge on any atom is 0.230 e. The van der Waals surface area contributed by atoms with Gasteiger partial charge in [-0.3, -0.25) is 9.59 Å². The van der Waals surface area contributed by atoms with Crippen LogP contribution < -0.4 is 10.6 Å². The molecular formula is C10H11N5O2. The van der Waals surface area contributed by atoms with E-state index >= 15 is 0 Å². The first kappa shape index (κ1) is 12.5. The van der Waals surface area contributed by atoms with Crippen molar-refractivity contribution in [1.29, 1.82) is 0 Å². The predicted molar refractivity (Wildman–Crippen MR) is 63.4 cm³/mol. The second-order valence-electron chi connectivity index (χ2n) is 3.20.